The summed E-state index contributed by atoms with van der Waals surface area (Å²) in [6.45, 7) is 2.03. The number of carbonyl (C=O) groups excluding carboxylic acids is 1. The van der Waals surface area contributed by atoms with Crippen molar-refractivity contribution in [3.8, 4) is 5.75 Å². The first-order chi connectivity index (χ1) is 11.5. The summed E-state index contributed by atoms with van der Waals surface area (Å²) in [7, 11) is 1.64. The molecule has 1 atom stereocenters. The lowest BCUT2D eigenvalue weighted by Crippen LogP contribution is -2.43. The highest BCUT2D eigenvalue weighted by Crippen LogP contribution is 2.20. The van der Waals surface area contributed by atoms with Crippen molar-refractivity contribution < 1.29 is 19.6 Å². The average Bonchev–Trinajstić information content (AvgIpc) is 2.60. The lowest BCUT2D eigenvalue weighted by molar-refractivity contribution is -0.384. The predicted molar refractivity (Wildman–Crippen MR) is 87.8 cm³/mol. The van der Waals surface area contributed by atoms with Gasteiger partial charge in [0.25, 0.3) is 5.69 Å². The van der Waals surface area contributed by atoms with Gasteiger partial charge in [0.2, 0.25) is 5.91 Å². The van der Waals surface area contributed by atoms with E-state index in [9.17, 15) is 20.0 Å². The molecule has 1 aliphatic rings. The molecule has 0 bridgehead atoms. The van der Waals surface area contributed by atoms with Crippen LogP contribution >= 0.6 is 0 Å². The van der Waals surface area contributed by atoms with Gasteiger partial charge in [0.15, 0.2) is 0 Å². The van der Waals surface area contributed by atoms with Gasteiger partial charge in [0.05, 0.1) is 11.0 Å². The summed E-state index contributed by atoms with van der Waals surface area (Å²) in [5.74, 6) is 0.482. The normalized spacial score (nSPS) is 17.2. The van der Waals surface area contributed by atoms with Gasteiger partial charge in [0, 0.05) is 25.6 Å². The maximum absolute atomic E-state index is 11.6. The Labute approximate surface area is 140 Å². The number of aliphatic hydroxyl groups is 1. The predicted octanol–water partition coefficient (Wildman–Crippen LogP) is 0.793. The number of aliphatic hydroxyl groups excluding tert-OH is 1. The molecular formula is C16H23N3O5. The molecule has 8 heteroatoms. The van der Waals surface area contributed by atoms with Gasteiger partial charge in [-0.25, -0.2) is 0 Å². The minimum absolute atomic E-state index is 0.0433. The molecule has 0 aliphatic carbocycles. The van der Waals surface area contributed by atoms with E-state index in [1.165, 1.54) is 12.1 Å². The molecule has 8 nitrogen and oxygen atoms in total. The van der Waals surface area contributed by atoms with Gasteiger partial charge < -0.3 is 20.1 Å². The number of benzene rings is 1. The maximum atomic E-state index is 11.6. The zero-order valence-electron chi connectivity index (χ0n) is 13.7. The standard InChI is InChI=1S/C16H23N3O5/c1-17-16(21)12-5-7-18(8-6-12)10-14(20)11-24-15-4-2-3-13(9-15)19(22)23/h2-4,9,12,14,20H,5-8,10-11H2,1H3,(H,17,21). The van der Waals surface area contributed by atoms with Crippen LogP contribution in [-0.4, -0.2) is 60.2 Å². The quantitative estimate of drug-likeness (QED) is 0.563. The summed E-state index contributed by atoms with van der Waals surface area (Å²) in [6.07, 6.45) is 0.858. The summed E-state index contributed by atoms with van der Waals surface area (Å²) >= 11 is 0. The van der Waals surface area contributed by atoms with Crippen LogP contribution in [0.15, 0.2) is 24.3 Å². The number of piperidine rings is 1. The van der Waals surface area contributed by atoms with E-state index in [1.54, 1.807) is 19.2 Å². The van der Waals surface area contributed by atoms with Gasteiger partial charge in [-0.15, -0.1) is 0 Å². The second-order valence-corrected chi connectivity index (χ2v) is 5.91. The summed E-state index contributed by atoms with van der Waals surface area (Å²) in [5.41, 5.74) is -0.0433. The number of carbonyl (C=O) groups is 1. The fourth-order valence-corrected chi connectivity index (χ4v) is 2.81. The van der Waals surface area contributed by atoms with Crippen molar-refractivity contribution in [1.82, 2.24) is 10.2 Å². The summed E-state index contributed by atoms with van der Waals surface area (Å²) in [6, 6.07) is 5.89. The van der Waals surface area contributed by atoms with Crippen LogP contribution in [0.3, 0.4) is 0 Å². The Balaban J connectivity index is 1.74. The van der Waals surface area contributed by atoms with Crippen LogP contribution < -0.4 is 10.1 Å². The van der Waals surface area contributed by atoms with Crippen LogP contribution in [-0.2, 0) is 4.79 Å². The van der Waals surface area contributed by atoms with E-state index in [2.05, 4.69) is 10.2 Å². The zero-order valence-corrected chi connectivity index (χ0v) is 13.7. The minimum atomic E-state index is -0.694. The number of nitrogens with zero attached hydrogens (tertiary/aromatic N) is 2. The zero-order chi connectivity index (χ0) is 17.5. The molecule has 1 heterocycles. The second kappa shape index (κ2) is 8.60. The third kappa shape index (κ3) is 5.17. The first-order valence-corrected chi connectivity index (χ1v) is 7.99. The number of nitro benzene ring substituents is 1. The molecule has 1 saturated heterocycles. The molecule has 0 radical (unpaired) electrons. The van der Waals surface area contributed by atoms with E-state index in [1.807, 2.05) is 0 Å². The van der Waals surface area contributed by atoms with E-state index in [-0.39, 0.29) is 24.1 Å². The molecule has 1 aromatic carbocycles. The molecule has 1 amide bonds. The van der Waals surface area contributed by atoms with Crippen LogP contribution in [0, 0.1) is 16.0 Å². The monoisotopic (exact) mass is 337 g/mol. The molecule has 24 heavy (non-hydrogen) atoms. The van der Waals surface area contributed by atoms with Crippen LogP contribution in [0.1, 0.15) is 12.8 Å². The lowest BCUT2D eigenvalue weighted by Gasteiger charge is -2.32. The van der Waals surface area contributed by atoms with Gasteiger partial charge in [-0.2, -0.15) is 0 Å². The highest BCUT2D eigenvalue weighted by Gasteiger charge is 2.25. The number of amides is 1. The van der Waals surface area contributed by atoms with Crippen LogP contribution in [0.2, 0.25) is 0 Å². The molecule has 1 aromatic rings. The van der Waals surface area contributed by atoms with Gasteiger partial charge in [-0.1, -0.05) is 6.07 Å². The Kier molecular flexibility index (Phi) is 6.51. The number of hydrogen-bond acceptors (Lipinski definition) is 6. The fraction of sp³-hybridized carbons (Fsp3) is 0.562. The lowest BCUT2D eigenvalue weighted by atomic mass is 9.96. The first kappa shape index (κ1) is 18.2. The molecule has 0 spiro atoms. The van der Waals surface area contributed by atoms with Crippen molar-refractivity contribution in [3.63, 3.8) is 0 Å². The SMILES string of the molecule is CNC(=O)C1CCN(CC(O)COc2cccc([N+](=O)[O-])c2)CC1. The number of likely N-dealkylation sites (tertiary alicyclic amines) is 1. The molecule has 132 valence electrons. The van der Waals surface area contributed by atoms with Gasteiger partial charge in [-0.05, 0) is 32.0 Å². The molecule has 1 aliphatic heterocycles. The Morgan fingerprint density at radius 2 is 2.21 bits per heavy atom. The highest BCUT2D eigenvalue weighted by atomic mass is 16.6. The van der Waals surface area contributed by atoms with E-state index >= 15 is 0 Å². The number of nitrogens with one attached hydrogen (secondary N) is 1. The number of hydrogen-bond donors (Lipinski definition) is 2. The van der Waals surface area contributed by atoms with Crippen LogP contribution in [0.4, 0.5) is 5.69 Å². The van der Waals surface area contributed by atoms with Crippen molar-refractivity contribution in [2.45, 2.75) is 18.9 Å². The number of nitro groups is 1. The molecule has 2 rings (SSSR count). The minimum Gasteiger partial charge on any atom is -0.491 e. The van der Waals surface area contributed by atoms with E-state index in [0.717, 1.165) is 25.9 Å². The third-order valence-electron chi connectivity index (χ3n) is 4.14. The fourth-order valence-electron chi connectivity index (χ4n) is 2.81. The van der Waals surface area contributed by atoms with Crippen LogP contribution in [0.5, 0.6) is 5.75 Å². The number of rotatable bonds is 7. The van der Waals surface area contributed by atoms with Gasteiger partial charge in [0.1, 0.15) is 18.5 Å². The molecule has 1 fully saturated rings. The Morgan fingerprint density at radius 3 is 2.83 bits per heavy atom. The Hall–Kier alpha value is -2.19. The maximum Gasteiger partial charge on any atom is 0.273 e. The molecule has 0 saturated carbocycles. The molecular weight excluding hydrogens is 314 g/mol. The summed E-state index contributed by atoms with van der Waals surface area (Å²) in [5, 5.41) is 23.5. The third-order valence-corrected chi connectivity index (χ3v) is 4.14. The Bertz CT molecular complexity index is 573. The highest BCUT2D eigenvalue weighted by molar-refractivity contribution is 5.78. The largest absolute Gasteiger partial charge is 0.491 e. The van der Waals surface area contributed by atoms with Crippen molar-refractivity contribution in [1.29, 1.82) is 0 Å². The van der Waals surface area contributed by atoms with E-state index in [4.69, 9.17) is 4.74 Å². The van der Waals surface area contributed by atoms with Crippen LogP contribution in [0.25, 0.3) is 0 Å². The first-order valence-electron chi connectivity index (χ1n) is 7.99. The van der Waals surface area contributed by atoms with Gasteiger partial charge in [-0.3, -0.25) is 14.9 Å². The average molecular weight is 337 g/mol. The smallest absolute Gasteiger partial charge is 0.273 e. The number of ether oxygens (including phenoxy) is 1. The second-order valence-electron chi connectivity index (χ2n) is 5.91. The molecule has 1 unspecified atom stereocenters. The van der Waals surface area contributed by atoms with Crippen molar-refractivity contribution in [3.05, 3.63) is 34.4 Å². The molecule has 2 N–H and O–H groups in total. The van der Waals surface area contributed by atoms with E-state index in [0.29, 0.717) is 12.3 Å². The topological polar surface area (TPSA) is 105 Å². The number of β-amino-alcohol motifs (C(OH)–C–C–N with tert-alkyl or cyclic N) is 1. The van der Waals surface area contributed by atoms with E-state index < -0.39 is 11.0 Å². The number of non-ortho nitro benzene ring substituents is 1. The summed E-state index contributed by atoms with van der Waals surface area (Å²) in [4.78, 5) is 23.9. The van der Waals surface area contributed by atoms with Gasteiger partial charge >= 0.3 is 0 Å². The van der Waals surface area contributed by atoms with Crippen molar-refractivity contribution >= 4 is 11.6 Å². The van der Waals surface area contributed by atoms with Crippen molar-refractivity contribution in [2.24, 2.45) is 5.92 Å². The molecule has 0 aromatic heterocycles. The summed E-state index contributed by atoms with van der Waals surface area (Å²) < 4.78 is 5.43. The van der Waals surface area contributed by atoms with Crippen molar-refractivity contribution in [2.75, 3.05) is 33.3 Å². The Morgan fingerprint density at radius 1 is 1.50 bits per heavy atom.